The molecule has 4 aromatic rings. The molecular weight excluding hydrogens is 356 g/mol. The van der Waals surface area contributed by atoms with Crippen molar-refractivity contribution in [3.8, 4) is 11.3 Å². The molecule has 0 saturated carbocycles. The molecule has 0 aromatic carbocycles. The van der Waals surface area contributed by atoms with E-state index in [1.54, 1.807) is 24.7 Å². The number of pyridine rings is 2. The Balaban J connectivity index is 1.45. The molecule has 4 heterocycles. The molecule has 9 nitrogen and oxygen atoms in total. The molecule has 0 saturated heterocycles. The van der Waals surface area contributed by atoms with Crippen LogP contribution in [0.1, 0.15) is 18.2 Å². The van der Waals surface area contributed by atoms with Gasteiger partial charge in [0.1, 0.15) is 11.5 Å². The Kier molecular flexibility index (Phi) is 4.71. The highest BCUT2D eigenvalue weighted by atomic mass is 16.2. The van der Waals surface area contributed by atoms with E-state index in [0.717, 1.165) is 40.0 Å². The van der Waals surface area contributed by atoms with E-state index in [1.807, 2.05) is 36.9 Å². The summed E-state index contributed by atoms with van der Waals surface area (Å²) in [6.45, 7) is 5.13. The van der Waals surface area contributed by atoms with Crippen molar-refractivity contribution in [2.75, 3.05) is 5.32 Å². The lowest BCUT2D eigenvalue weighted by Crippen LogP contribution is -2.28. The summed E-state index contributed by atoms with van der Waals surface area (Å²) in [5.74, 6) is 0.440. The van der Waals surface area contributed by atoms with Gasteiger partial charge in [-0.3, -0.25) is 20.1 Å². The average molecular weight is 376 g/mol. The fourth-order valence-corrected chi connectivity index (χ4v) is 2.91. The van der Waals surface area contributed by atoms with Gasteiger partial charge < -0.3 is 5.32 Å². The summed E-state index contributed by atoms with van der Waals surface area (Å²) >= 11 is 0. The molecule has 0 atom stereocenters. The number of amides is 2. The number of carbonyl (C=O) groups excluding carboxylic acids is 1. The van der Waals surface area contributed by atoms with Crippen LogP contribution in [0.2, 0.25) is 0 Å². The fraction of sp³-hybridized carbons (Fsp3) is 0.211. The molecule has 0 spiro atoms. The second-order valence-corrected chi connectivity index (χ2v) is 6.39. The predicted octanol–water partition coefficient (Wildman–Crippen LogP) is 2.87. The van der Waals surface area contributed by atoms with Crippen molar-refractivity contribution in [1.29, 1.82) is 0 Å². The molecule has 4 rings (SSSR count). The molecule has 3 N–H and O–H groups in total. The lowest BCUT2D eigenvalue weighted by Gasteiger charge is -2.06. The number of aromatic amines is 1. The summed E-state index contributed by atoms with van der Waals surface area (Å²) in [5.41, 5.74) is 4.41. The Morgan fingerprint density at radius 1 is 1.25 bits per heavy atom. The van der Waals surface area contributed by atoms with E-state index in [2.05, 4.69) is 35.9 Å². The van der Waals surface area contributed by atoms with E-state index in [4.69, 9.17) is 0 Å². The molecule has 0 radical (unpaired) electrons. The number of carbonyl (C=O) groups is 1. The summed E-state index contributed by atoms with van der Waals surface area (Å²) in [5, 5.41) is 18.0. The zero-order valence-electron chi connectivity index (χ0n) is 15.6. The van der Waals surface area contributed by atoms with Crippen LogP contribution in [0.25, 0.3) is 22.2 Å². The first kappa shape index (κ1) is 17.7. The number of aryl methyl sites for hydroxylation is 2. The van der Waals surface area contributed by atoms with Gasteiger partial charge in [-0.25, -0.2) is 9.78 Å². The molecule has 0 aliphatic heterocycles. The molecule has 28 heavy (non-hydrogen) atoms. The third-order valence-electron chi connectivity index (χ3n) is 4.32. The zero-order valence-corrected chi connectivity index (χ0v) is 15.6. The minimum absolute atomic E-state index is 0.333. The minimum Gasteiger partial charge on any atom is -0.334 e. The van der Waals surface area contributed by atoms with Gasteiger partial charge in [0.25, 0.3) is 0 Å². The predicted molar refractivity (Wildman–Crippen MR) is 106 cm³/mol. The quantitative estimate of drug-likeness (QED) is 0.496. The normalized spacial score (nSPS) is 10.9. The van der Waals surface area contributed by atoms with Gasteiger partial charge in [0, 0.05) is 60.0 Å². The number of H-pyrrole nitrogens is 1. The molecule has 9 heteroatoms. The van der Waals surface area contributed by atoms with Crippen molar-refractivity contribution >= 4 is 22.8 Å². The molecule has 4 aromatic heterocycles. The third-order valence-corrected chi connectivity index (χ3v) is 4.32. The fourth-order valence-electron chi connectivity index (χ4n) is 2.91. The van der Waals surface area contributed by atoms with E-state index in [1.165, 1.54) is 0 Å². The molecular formula is C19H20N8O. The SMILES string of the molecule is CCn1cc(CNC(=O)Nc2cc3[nH]nc(-c4ccnc(C)c4)c3cn2)cn1. The van der Waals surface area contributed by atoms with Crippen LogP contribution in [0.3, 0.4) is 0 Å². The van der Waals surface area contributed by atoms with Crippen LogP contribution in [0.5, 0.6) is 0 Å². The van der Waals surface area contributed by atoms with Gasteiger partial charge in [-0.15, -0.1) is 0 Å². The second-order valence-electron chi connectivity index (χ2n) is 6.39. The summed E-state index contributed by atoms with van der Waals surface area (Å²) in [7, 11) is 0. The highest BCUT2D eigenvalue weighted by Crippen LogP contribution is 2.26. The van der Waals surface area contributed by atoms with Crippen LogP contribution in [0.15, 0.2) is 43.0 Å². The average Bonchev–Trinajstić information content (AvgIpc) is 3.33. The number of nitrogens with one attached hydrogen (secondary N) is 3. The topological polar surface area (TPSA) is 113 Å². The summed E-state index contributed by atoms with van der Waals surface area (Å²) in [6.07, 6.45) is 7.09. The number of hydrogen-bond acceptors (Lipinski definition) is 5. The van der Waals surface area contributed by atoms with Crippen molar-refractivity contribution in [1.82, 2.24) is 35.3 Å². The zero-order chi connectivity index (χ0) is 19.5. The minimum atomic E-state index is -0.333. The van der Waals surface area contributed by atoms with Crippen LogP contribution in [0.4, 0.5) is 10.6 Å². The Bertz CT molecular complexity index is 1130. The Hall–Kier alpha value is -3.75. The van der Waals surface area contributed by atoms with Crippen molar-refractivity contribution in [3.05, 3.63) is 54.2 Å². The largest absolute Gasteiger partial charge is 0.334 e. The lowest BCUT2D eigenvalue weighted by atomic mass is 10.1. The Morgan fingerprint density at radius 2 is 2.14 bits per heavy atom. The van der Waals surface area contributed by atoms with Gasteiger partial charge in [0.2, 0.25) is 0 Å². The summed E-state index contributed by atoms with van der Waals surface area (Å²) in [6, 6.07) is 5.30. The van der Waals surface area contributed by atoms with Gasteiger partial charge in [0.15, 0.2) is 0 Å². The van der Waals surface area contributed by atoms with E-state index < -0.39 is 0 Å². The van der Waals surface area contributed by atoms with Crippen LogP contribution < -0.4 is 10.6 Å². The van der Waals surface area contributed by atoms with Gasteiger partial charge in [0.05, 0.1) is 11.7 Å². The maximum absolute atomic E-state index is 12.1. The molecule has 0 aliphatic carbocycles. The van der Waals surface area contributed by atoms with Crippen LogP contribution in [-0.2, 0) is 13.1 Å². The van der Waals surface area contributed by atoms with E-state index in [-0.39, 0.29) is 6.03 Å². The van der Waals surface area contributed by atoms with Crippen LogP contribution in [-0.4, -0.2) is 36.0 Å². The maximum atomic E-state index is 12.1. The number of nitrogens with zero attached hydrogens (tertiary/aromatic N) is 5. The number of fused-ring (bicyclic) bond motifs is 1. The van der Waals surface area contributed by atoms with E-state index in [0.29, 0.717) is 12.4 Å². The number of hydrogen-bond donors (Lipinski definition) is 3. The molecule has 2 amide bonds. The van der Waals surface area contributed by atoms with Crippen molar-refractivity contribution in [2.45, 2.75) is 26.9 Å². The highest BCUT2D eigenvalue weighted by Gasteiger charge is 2.11. The van der Waals surface area contributed by atoms with Crippen molar-refractivity contribution < 1.29 is 4.79 Å². The first-order chi connectivity index (χ1) is 13.6. The van der Waals surface area contributed by atoms with E-state index in [9.17, 15) is 4.79 Å². The van der Waals surface area contributed by atoms with Crippen molar-refractivity contribution in [2.24, 2.45) is 0 Å². The maximum Gasteiger partial charge on any atom is 0.320 e. The van der Waals surface area contributed by atoms with Gasteiger partial charge in [-0.1, -0.05) is 0 Å². The first-order valence-electron chi connectivity index (χ1n) is 8.95. The molecule has 0 aliphatic rings. The second kappa shape index (κ2) is 7.47. The summed E-state index contributed by atoms with van der Waals surface area (Å²) in [4.78, 5) is 20.7. The number of anilines is 1. The Labute approximate surface area is 161 Å². The first-order valence-corrected chi connectivity index (χ1v) is 8.95. The standard InChI is InChI=1S/C19H20N8O/c1-3-27-11-13(9-23-27)8-22-19(28)24-17-7-16-15(10-21-17)18(26-25-16)14-4-5-20-12(2)6-14/h4-7,9-11H,3,8H2,1-2H3,(H,25,26)(H2,21,22,24,28). The van der Waals surface area contributed by atoms with Crippen LogP contribution >= 0.6 is 0 Å². The lowest BCUT2D eigenvalue weighted by molar-refractivity contribution is 0.251. The smallest absolute Gasteiger partial charge is 0.320 e. The van der Waals surface area contributed by atoms with Gasteiger partial charge in [-0.2, -0.15) is 10.2 Å². The molecule has 0 bridgehead atoms. The molecule has 0 fully saturated rings. The highest BCUT2D eigenvalue weighted by molar-refractivity contribution is 5.95. The van der Waals surface area contributed by atoms with Gasteiger partial charge >= 0.3 is 6.03 Å². The number of rotatable bonds is 5. The monoisotopic (exact) mass is 376 g/mol. The number of aromatic nitrogens is 6. The molecule has 142 valence electrons. The third kappa shape index (κ3) is 3.68. The van der Waals surface area contributed by atoms with Gasteiger partial charge in [-0.05, 0) is 26.0 Å². The Morgan fingerprint density at radius 3 is 2.93 bits per heavy atom. The molecule has 0 unspecified atom stereocenters. The van der Waals surface area contributed by atoms with E-state index >= 15 is 0 Å². The van der Waals surface area contributed by atoms with Crippen molar-refractivity contribution in [3.63, 3.8) is 0 Å². The summed E-state index contributed by atoms with van der Waals surface area (Å²) < 4.78 is 1.81. The number of urea groups is 1. The van der Waals surface area contributed by atoms with Crippen LogP contribution in [0, 0.1) is 6.92 Å².